The van der Waals surface area contributed by atoms with E-state index >= 15 is 0 Å². The number of carbonyl (C=O) groups is 1. The van der Waals surface area contributed by atoms with Crippen LogP contribution in [0.5, 0.6) is 0 Å². The van der Waals surface area contributed by atoms with E-state index in [-0.39, 0.29) is 36.2 Å². The molecule has 2 N–H and O–H groups in total. The molecular formula is C17H23Cl3N2O. The summed E-state index contributed by atoms with van der Waals surface area (Å²) in [5.41, 5.74) is 7.01. The Labute approximate surface area is 153 Å². The molecule has 1 saturated heterocycles. The number of nitrogens with two attached hydrogens (primary N) is 1. The fourth-order valence-electron chi connectivity index (χ4n) is 3.49. The molecule has 0 aromatic heterocycles. The molecule has 2 aliphatic rings. The molecule has 3 atom stereocenters. The highest BCUT2D eigenvalue weighted by Crippen LogP contribution is 2.51. The van der Waals surface area contributed by atoms with Gasteiger partial charge in [-0.15, -0.1) is 12.4 Å². The zero-order valence-corrected chi connectivity index (χ0v) is 15.5. The minimum absolute atomic E-state index is 0. The zero-order valence-electron chi connectivity index (χ0n) is 13.2. The van der Waals surface area contributed by atoms with Gasteiger partial charge in [-0.2, -0.15) is 0 Å². The van der Waals surface area contributed by atoms with Crippen LogP contribution in [0.3, 0.4) is 0 Å². The molecule has 1 aromatic carbocycles. The average molecular weight is 378 g/mol. The minimum Gasteiger partial charge on any atom is -0.342 e. The first-order valence-electron chi connectivity index (χ1n) is 7.96. The summed E-state index contributed by atoms with van der Waals surface area (Å²) in [4.78, 5) is 14.6. The Bertz CT molecular complexity index is 571. The maximum absolute atomic E-state index is 12.6. The molecule has 0 bridgehead atoms. The van der Waals surface area contributed by atoms with Crippen molar-refractivity contribution in [2.24, 2.45) is 17.6 Å². The molecule has 1 amide bonds. The molecule has 0 radical (unpaired) electrons. The lowest BCUT2D eigenvalue weighted by Crippen LogP contribution is -2.43. The Hall–Kier alpha value is -0.480. The van der Waals surface area contributed by atoms with E-state index < -0.39 is 0 Å². The fourth-order valence-corrected chi connectivity index (χ4v) is 4.04. The predicted molar refractivity (Wildman–Crippen MR) is 97.5 cm³/mol. The van der Waals surface area contributed by atoms with Crippen molar-refractivity contribution in [3.8, 4) is 0 Å². The van der Waals surface area contributed by atoms with Crippen LogP contribution < -0.4 is 5.73 Å². The number of carbonyl (C=O) groups excluding carboxylic acids is 1. The van der Waals surface area contributed by atoms with Crippen LogP contribution in [0.4, 0.5) is 0 Å². The van der Waals surface area contributed by atoms with E-state index in [2.05, 4.69) is 6.92 Å². The first-order valence-corrected chi connectivity index (χ1v) is 8.72. The van der Waals surface area contributed by atoms with E-state index in [0.29, 0.717) is 16.0 Å². The first-order chi connectivity index (χ1) is 10.5. The van der Waals surface area contributed by atoms with E-state index in [4.69, 9.17) is 28.9 Å². The smallest absolute Gasteiger partial charge is 0.226 e. The Morgan fingerprint density at radius 1 is 1.30 bits per heavy atom. The van der Waals surface area contributed by atoms with Crippen LogP contribution in [0.15, 0.2) is 18.2 Å². The van der Waals surface area contributed by atoms with Crippen LogP contribution in [0.1, 0.15) is 37.7 Å². The molecule has 3 rings (SSSR count). The van der Waals surface area contributed by atoms with E-state index in [1.807, 2.05) is 17.0 Å². The molecule has 128 valence electrons. The summed E-state index contributed by atoms with van der Waals surface area (Å²) < 4.78 is 0. The van der Waals surface area contributed by atoms with Gasteiger partial charge in [0.25, 0.3) is 0 Å². The third-order valence-electron chi connectivity index (χ3n) is 5.06. The average Bonchev–Trinajstić information content (AvgIpc) is 3.27. The van der Waals surface area contributed by atoms with Gasteiger partial charge in [0.05, 0.1) is 0 Å². The molecule has 1 aliphatic heterocycles. The number of likely N-dealkylation sites (tertiary alicyclic amines) is 1. The first kappa shape index (κ1) is 18.9. The molecule has 1 heterocycles. The zero-order chi connectivity index (χ0) is 15.9. The second-order valence-corrected chi connectivity index (χ2v) is 7.48. The number of hydrogen-bond acceptors (Lipinski definition) is 2. The van der Waals surface area contributed by atoms with Gasteiger partial charge in [0.2, 0.25) is 5.91 Å². The molecule has 6 heteroatoms. The summed E-state index contributed by atoms with van der Waals surface area (Å²) in [6.45, 7) is 3.73. The SMILES string of the molecule is CC(N)C1CCN(C(=O)C2CC2c2ccc(Cl)cc2Cl)CC1.Cl. The van der Waals surface area contributed by atoms with Crippen molar-refractivity contribution in [2.75, 3.05) is 13.1 Å². The Kier molecular flexibility index (Phi) is 6.23. The standard InChI is InChI=1S/C17H22Cl2N2O.ClH/c1-10(20)11-4-6-21(7-5-11)17(22)15-9-14(15)13-3-2-12(18)8-16(13)19;/h2-3,8,10-11,14-15H,4-7,9,20H2,1H3;1H. The van der Waals surface area contributed by atoms with E-state index in [1.54, 1.807) is 6.07 Å². The summed E-state index contributed by atoms with van der Waals surface area (Å²) >= 11 is 12.2. The molecule has 3 nitrogen and oxygen atoms in total. The summed E-state index contributed by atoms with van der Waals surface area (Å²) in [6.07, 6.45) is 2.93. The molecule has 2 fully saturated rings. The van der Waals surface area contributed by atoms with Crippen LogP contribution in [0.25, 0.3) is 0 Å². The van der Waals surface area contributed by atoms with E-state index in [0.717, 1.165) is 37.9 Å². The van der Waals surface area contributed by atoms with Crippen molar-refractivity contribution in [3.05, 3.63) is 33.8 Å². The van der Waals surface area contributed by atoms with Crippen molar-refractivity contribution in [2.45, 2.75) is 38.1 Å². The number of amides is 1. The molecule has 1 saturated carbocycles. The summed E-state index contributed by atoms with van der Waals surface area (Å²) in [6, 6.07) is 5.77. The number of nitrogens with zero attached hydrogens (tertiary/aromatic N) is 1. The van der Waals surface area contributed by atoms with Crippen molar-refractivity contribution in [3.63, 3.8) is 0 Å². The Morgan fingerprint density at radius 2 is 1.96 bits per heavy atom. The molecule has 1 aromatic rings. The second-order valence-electron chi connectivity index (χ2n) is 6.64. The van der Waals surface area contributed by atoms with Crippen LogP contribution in [0, 0.1) is 11.8 Å². The third-order valence-corrected chi connectivity index (χ3v) is 5.63. The Balaban J connectivity index is 0.00000192. The van der Waals surface area contributed by atoms with Crippen LogP contribution in [-0.4, -0.2) is 29.9 Å². The third kappa shape index (κ3) is 4.14. The molecule has 3 unspecified atom stereocenters. The summed E-state index contributed by atoms with van der Waals surface area (Å²) in [7, 11) is 0. The second kappa shape index (κ2) is 7.60. The van der Waals surface area contributed by atoms with Crippen LogP contribution in [0.2, 0.25) is 10.0 Å². The number of piperidine rings is 1. The molecular weight excluding hydrogens is 355 g/mol. The highest BCUT2D eigenvalue weighted by atomic mass is 35.5. The lowest BCUT2D eigenvalue weighted by molar-refractivity contribution is -0.134. The topological polar surface area (TPSA) is 46.3 Å². The number of halogens is 3. The lowest BCUT2D eigenvalue weighted by atomic mass is 9.91. The largest absolute Gasteiger partial charge is 0.342 e. The predicted octanol–water partition coefficient (Wildman–Crippen LogP) is 4.10. The molecule has 1 aliphatic carbocycles. The highest BCUT2D eigenvalue weighted by molar-refractivity contribution is 6.35. The van der Waals surface area contributed by atoms with Crippen molar-refractivity contribution >= 4 is 41.5 Å². The van der Waals surface area contributed by atoms with Gasteiger partial charge in [0.1, 0.15) is 0 Å². The molecule has 0 spiro atoms. The van der Waals surface area contributed by atoms with Crippen molar-refractivity contribution in [1.82, 2.24) is 4.90 Å². The van der Waals surface area contributed by atoms with Gasteiger partial charge in [0.15, 0.2) is 0 Å². The normalized spacial score (nSPS) is 25.7. The Morgan fingerprint density at radius 3 is 2.52 bits per heavy atom. The number of rotatable bonds is 3. The summed E-state index contributed by atoms with van der Waals surface area (Å²) in [5, 5.41) is 1.30. The van der Waals surface area contributed by atoms with Crippen molar-refractivity contribution in [1.29, 1.82) is 0 Å². The van der Waals surface area contributed by atoms with Gasteiger partial charge in [-0.25, -0.2) is 0 Å². The van der Waals surface area contributed by atoms with Crippen molar-refractivity contribution < 1.29 is 4.79 Å². The van der Waals surface area contributed by atoms with Gasteiger partial charge in [0, 0.05) is 35.1 Å². The summed E-state index contributed by atoms with van der Waals surface area (Å²) in [5.74, 6) is 1.16. The van der Waals surface area contributed by atoms with E-state index in [1.165, 1.54) is 0 Å². The number of hydrogen-bond donors (Lipinski definition) is 1. The van der Waals surface area contributed by atoms with Crippen LogP contribution >= 0.6 is 35.6 Å². The molecule has 23 heavy (non-hydrogen) atoms. The minimum atomic E-state index is 0. The van der Waals surface area contributed by atoms with Gasteiger partial charge in [-0.05, 0) is 55.7 Å². The maximum atomic E-state index is 12.6. The maximum Gasteiger partial charge on any atom is 0.226 e. The van der Waals surface area contributed by atoms with Gasteiger partial charge >= 0.3 is 0 Å². The lowest BCUT2D eigenvalue weighted by Gasteiger charge is -2.34. The van der Waals surface area contributed by atoms with Gasteiger partial charge < -0.3 is 10.6 Å². The van der Waals surface area contributed by atoms with E-state index in [9.17, 15) is 4.79 Å². The monoisotopic (exact) mass is 376 g/mol. The number of benzene rings is 1. The van der Waals surface area contributed by atoms with Gasteiger partial charge in [-0.1, -0.05) is 29.3 Å². The van der Waals surface area contributed by atoms with Crippen LogP contribution in [-0.2, 0) is 4.79 Å². The highest BCUT2D eigenvalue weighted by Gasteiger charge is 2.47. The fraction of sp³-hybridized carbons (Fsp3) is 0.588. The quantitative estimate of drug-likeness (QED) is 0.862. The van der Waals surface area contributed by atoms with Gasteiger partial charge in [-0.3, -0.25) is 4.79 Å².